The smallest absolute Gasteiger partial charge is 0.318 e. The molecular formula is C22H34F2N4O5. The van der Waals surface area contributed by atoms with E-state index in [1.807, 2.05) is 13.8 Å². The number of nitrogens with one attached hydrogen (secondary N) is 2. The molecule has 11 heteroatoms. The van der Waals surface area contributed by atoms with Gasteiger partial charge in [0.05, 0.1) is 19.3 Å². The molecule has 1 aromatic rings. The first-order valence-electron chi connectivity index (χ1n) is 11.4. The van der Waals surface area contributed by atoms with Crippen molar-refractivity contribution in [3.63, 3.8) is 0 Å². The van der Waals surface area contributed by atoms with E-state index in [2.05, 4.69) is 15.8 Å². The maximum absolute atomic E-state index is 14.4. The highest BCUT2D eigenvalue weighted by molar-refractivity contribution is 6.01. The molecule has 2 N–H and O–H groups in total. The SMILES string of the molecule is CCCC(F)(F)CC(NC(=O)N1CCOCC1)C(=O)NC(CC)C(=O)c1cc(C(C)C)on1. The predicted octanol–water partition coefficient (Wildman–Crippen LogP) is 3.11. The van der Waals surface area contributed by atoms with Crippen LogP contribution in [0.15, 0.2) is 10.6 Å². The molecule has 2 atom stereocenters. The van der Waals surface area contributed by atoms with Gasteiger partial charge in [-0.2, -0.15) is 0 Å². The zero-order valence-corrected chi connectivity index (χ0v) is 19.7. The van der Waals surface area contributed by atoms with Crippen LogP contribution in [0.2, 0.25) is 0 Å². The summed E-state index contributed by atoms with van der Waals surface area (Å²) in [4.78, 5) is 39.8. The Labute approximate surface area is 192 Å². The number of nitrogens with zero attached hydrogens (tertiary/aromatic N) is 2. The molecule has 2 rings (SSSR count). The standard InChI is InChI=1S/C22H34F2N4O5/c1-5-7-22(23,24)13-17(26-21(31)28-8-10-32-11-9-28)20(30)25-15(6-2)19(29)16-12-18(14(3)4)33-27-16/h12,14-15,17H,5-11,13H2,1-4H3,(H,25,30)(H,26,31). The van der Waals surface area contributed by atoms with E-state index in [0.29, 0.717) is 32.1 Å². The van der Waals surface area contributed by atoms with Gasteiger partial charge in [-0.3, -0.25) is 9.59 Å². The second-order valence-electron chi connectivity index (χ2n) is 8.51. The Bertz CT molecular complexity index is 808. The van der Waals surface area contributed by atoms with E-state index >= 15 is 0 Å². The zero-order valence-electron chi connectivity index (χ0n) is 19.7. The molecule has 0 spiro atoms. The third kappa shape index (κ3) is 7.76. The van der Waals surface area contributed by atoms with Crippen LogP contribution in [0.25, 0.3) is 0 Å². The number of Topliss-reactive ketones (excluding diaryl/α,β-unsaturated/α-hetero) is 1. The topological polar surface area (TPSA) is 114 Å². The fraction of sp³-hybridized carbons (Fsp3) is 0.727. The number of ether oxygens (including phenoxy) is 1. The van der Waals surface area contributed by atoms with Crippen LogP contribution in [0.1, 0.15) is 75.5 Å². The monoisotopic (exact) mass is 472 g/mol. The largest absolute Gasteiger partial charge is 0.378 e. The molecule has 0 radical (unpaired) electrons. The van der Waals surface area contributed by atoms with Gasteiger partial charge in [0.1, 0.15) is 11.8 Å². The molecule has 1 aliphatic heterocycles. The van der Waals surface area contributed by atoms with Crippen LogP contribution in [-0.4, -0.2) is 72.1 Å². The van der Waals surface area contributed by atoms with Gasteiger partial charge in [-0.05, 0) is 6.42 Å². The van der Waals surface area contributed by atoms with E-state index in [1.165, 1.54) is 11.0 Å². The fourth-order valence-electron chi connectivity index (χ4n) is 3.46. The number of alkyl halides is 2. The van der Waals surface area contributed by atoms with Crippen LogP contribution in [-0.2, 0) is 9.53 Å². The lowest BCUT2D eigenvalue weighted by molar-refractivity contribution is -0.126. The average molecular weight is 473 g/mol. The number of hydrogen-bond acceptors (Lipinski definition) is 6. The van der Waals surface area contributed by atoms with Gasteiger partial charge in [0.25, 0.3) is 5.92 Å². The number of ketones is 1. The summed E-state index contributed by atoms with van der Waals surface area (Å²) in [6, 6.07) is -1.62. The van der Waals surface area contributed by atoms with Crippen molar-refractivity contribution >= 4 is 17.7 Å². The summed E-state index contributed by atoms with van der Waals surface area (Å²) in [7, 11) is 0. The lowest BCUT2D eigenvalue weighted by Gasteiger charge is -2.30. The molecule has 2 heterocycles. The number of aromatic nitrogens is 1. The number of carbonyl (C=O) groups is 3. The first kappa shape index (κ1) is 26.7. The Morgan fingerprint density at radius 2 is 1.82 bits per heavy atom. The number of carbonyl (C=O) groups excluding carboxylic acids is 3. The summed E-state index contributed by atoms with van der Waals surface area (Å²) in [5.41, 5.74) is 0.0519. The maximum Gasteiger partial charge on any atom is 0.318 e. The second kappa shape index (κ2) is 12.1. The molecule has 9 nitrogen and oxygen atoms in total. The molecule has 1 fully saturated rings. The lowest BCUT2D eigenvalue weighted by atomic mass is 10.0. The highest BCUT2D eigenvalue weighted by atomic mass is 19.3. The molecular weight excluding hydrogens is 438 g/mol. The summed E-state index contributed by atoms with van der Waals surface area (Å²) in [6.45, 7) is 8.32. The molecule has 1 saturated heterocycles. The Morgan fingerprint density at radius 1 is 1.15 bits per heavy atom. The number of hydrogen-bond donors (Lipinski definition) is 2. The molecule has 2 unspecified atom stereocenters. The van der Waals surface area contributed by atoms with Gasteiger partial charge in [0.15, 0.2) is 5.69 Å². The number of rotatable bonds is 11. The van der Waals surface area contributed by atoms with Crippen LogP contribution < -0.4 is 10.6 Å². The van der Waals surface area contributed by atoms with Gasteiger partial charge < -0.3 is 24.8 Å². The van der Waals surface area contributed by atoms with Gasteiger partial charge in [-0.15, -0.1) is 0 Å². The Hall–Kier alpha value is -2.56. The van der Waals surface area contributed by atoms with E-state index in [-0.39, 0.29) is 24.5 Å². The summed E-state index contributed by atoms with van der Waals surface area (Å²) in [5, 5.41) is 8.70. The molecule has 3 amide bonds. The Morgan fingerprint density at radius 3 is 2.36 bits per heavy atom. The van der Waals surface area contributed by atoms with Gasteiger partial charge >= 0.3 is 6.03 Å². The molecule has 0 saturated carbocycles. The van der Waals surface area contributed by atoms with Crippen LogP contribution >= 0.6 is 0 Å². The molecule has 0 aromatic carbocycles. The molecule has 33 heavy (non-hydrogen) atoms. The van der Waals surface area contributed by atoms with Crippen molar-refractivity contribution in [1.29, 1.82) is 0 Å². The lowest BCUT2D eigenvalue weighted by Crippen LogP contribution is -2.56. The van der Waals surface area contributed by atoms with Crippen molar-refractivity contribution in [1.82, 2.24) is 20.7 Å². The van der Waals surface area contributed by atoms with E-state index in [9.17, 15) is 23.2 Å². The van der Waals surface area contributed by atoms with Crippen molar-refractivity contribution < 1.29 is 32.4 Å². The molecule has 1 aromatic heterocycles. The van der Waals surface area contributed by atoms with Crippen LogP contribution in [0, 0.1) is 0 Å². The third-order valence-corrected chi connectivity index (χ3v) is 5.42. The van der Waals surface area contributed by atoms with Crippen molar-refractivity contribution in [3.05, 3.63) is 17.5 Å². The normalized spacial score (nSPS) is 16.4. The van der Waals surface area contributed by atoms with E-state index in [0.717, 1.165) is 0 Å². The number of urea groups is 1. The minimum atomic E-state index is -3.15. The molecule has 0 bridgehead atoms. The molecule has 186 valence electrons. The summed E-state index contributed by atoms with van der Waals surface area (Å²) in [5.74, 6) is -3.94. The van der Waals surface area contributed by atoms with Crippen LogP contribution in [0.5, 0.6) is 0 Å². The minimum Gasteiger partial charge on any atom is -0.378 e. The summed E-state index contributed by atoms with van der Waals surface area (Å²) >= 11 is 0. The first-order chi connectivity index (χ1) is 15.6. The van der Waals surface area contributed by atoms with Crippen molar-refractivity contribution in [2.24, 2.45) is 0 Å². The Kier molecular flexibility index (Phi) is 9.75. The fourth-order valence-corrected chi connectivity index (χ4v) is 3.46. The van der Waals surface area contributed by atoms with Gasteiger partial charge in [-0.25, -0.2) is 13.6 Å². The Balaban J connectivity index is 2.14. The quantitative estimate of drug-likeness (QED) is 0.479. The average Bonchev–Trinajstić information content (AvgIpc) is 3.27. The van der Waals surface area contributed by atoms with Crippen molar-refractivity contribution in [3.8, 4) is 0 Å². The van der Waals surface area contributed by atoms with Gasteiger partial charge in [-0.1, -0.05) is 39.3 Å². The van der Waals surface area contributed by atoms with Crippen LogP contribution in [0.4, 0.5) is 13.6 Å². The highest BCUT2D eigenvalue weighted by Gasteiger charge is 2.38. The molecule has 0 aliphatic carbocycles. The van der Waals surface area contributed by atoms with E-state index < -0.39 is 48.6 Å². The number of halogens is 2. The summed E-state index contributed by atoms with van der Waals surface area (Å²) < 4.78 is 39.1. The van der Waals surface area contributed by atoms with Crippen molar-refractivity contribution in [2.75, 3.05) is 26.3 Å². The van der Waals surface area contributed by atoms with Gasteiger partial charge in [0.2, 0.25) is 11.7 Å². The van der Waals surface area contributed by atoms with E-state index in [1.54, 1.807) is 13.8 Å². The minimum absolute atomic E-state index is 0.0225. The summed E-state index contributed by atoms with van der Waals surface area (Å²) in [6.07, 6.45) is -0.852. The van der Waals surface area contributed by atoms with Crippen LogP contribution in [0.3, 0.4) is 0 Å². The van der Waals surface area contributed by atoms with E-state index in [4.69, 9.17) is 9.26 Å². The van der Waals surface area contributed by atoms with Crippen molar-refractivity contribution in [2.45, 2.75) is 77.3 Å². The predicted molar refractivity (Wildman–Crippen MR) is 116 cm³/mol. The number of morpholine rings is 1. The first-order valence-corrected chi connectivity index (χ1v) is 11.4. The third-order valence-electron chi connectivity index (χ3n) is 5.42. The second-order valence-corrected chi connectivity index (χ2v) is 8.51. The van der Waals surface area contributed by atoms with Gasteiger partial charge in [0, 0.05) is 37.9 Å². The zero-order chi connectivity index (χ0) is 24.6. The highest BCUT2D eigenvalue weighted by Crippen LogP contribution is 2.26. The molecule has 1 aliphatic rings. The maximum atomic E-state index is 14.4. The number of amides is 3.